The van der Waals surface area contributed by atoms with E-state index >= 15 is 0 Å². The van der Waals surface area contributed by atoms with Gasteiger partial charge in [-0.15, -0.1) is 0 Å². The third-order valence-corrected chi connectivity index (χ3v) is 4.16. The Morgan fingerprint density at radius 2 is 2.05 bits per heavy atom. The molecule has 1 aromatic carbocycles. The lowest BCUT2D eigenvalue weighted by molar-refractivity contribution is -0.117. The van der Waals surface area contributed by atoms with Crippen LogP contribution in [0.25, 0.3) is 0 Å². The molecule has 6 heteroatoms. The fourth-order valence-corrected chi connectivity index (χ4v) is 3.06. The minimum absolute atomic E-state index is 0.141. The molecule has 0 bridgehead atoms. The quantitative estimate of drug-likeness (QED) is 0.856. The van der Waals surface area contributed by atoms with Gasteiger partial charge in [0.15, 0.2) is 0 Å². The number of carbonyl (C=O) groups excluding carboxylic acids is 1. The average Bonchev–Trinajstić information content (AvgIpc) is 2.44. The van der Waals surface area contributed by atoms with Gasteiger partial charge in [0, 0.05) is 18.6 Å². The van der Waals surface area contributed by atoms with Crippen molar-refractivity contribution >= 4 is 5.91 Å². The van der Waals surface area contributed by atoms with E-state index in [1.165, 1.54) is 6.07 Å². The zero-order valence-electron chi connectivity index (χ0n) is 10.8. The standard InChI is InChI=1S/C14H16F2N2O2/c15-8-4-1-5-9(16)10(8)14(19)18-12-11(17)7-3-2-6-20-13(7)12/h1,4-5,7,11-13H,2-3,6,17H2,(H,18,19). The summed E-state index contributed by atoms with van der Waals surface area (Å²) in [7, 11) is 0. The number of fused-ring (bicyclic) bond motifs is 1. The molecule has 1 saturated heterocycles. The summed E-state index contributed by atoms with van der Waals surface area (Å²) in [6.07, 6.45) is 1.78. The van der Waals surface area contributed by atoms with Gasteiger partial charge in [0.05, 0.1) is 12.1 Å². The monoisotopic (exact) mass is 282 g/mol. The molecular formula is C14H16F2N2O2. The number of ether oxygens (including phenoxy) is 1. The van der Waals surface area contributed by atoms with Gasteiger partial charge < -0.3 is 15.8 Å². The van der Waals surface area contributed by atoms with Crippen LogP contribution < -0.4 is 11.1 Å². The molecular weight excluding hydrogens is 266 g/mol. The van der Waals surface area contributed by atoms with Gasteiger partial charge in [0.2, 0.25) is 0 Å². The topological polar surface area (TPSA) is 64.3 Å². The van der Waals surface area contributed by atoms with Crippen molar-refractivity contribution in [1.82, 2.24) is 5.32 Å². The summed E-state index contributed by atoms with van der Waals surface area (Å²) >= 11 is 0. The number of nitrogens with one attached hydrogen (secondary N) is 1. The van der Waals surface area contributed by atoms with Crippen molar-refractivity contribution in [3.63, 3.8) is 0 Å². The van der Waals surface area contributed by atoms with Gasteiger partial charge in [0.1, 0.15) is 17.2 Å². The summed E-state index contributed by atoms with van der Waals surface area (Å²) < 4.78 is 32.7. The van der Waals surface area contributed by atoms with Crippen LogP contribution in [0.4, 0.5) is 8.78 Å². The van der Waals surface area contributed by atoms with E-state index in [4.69, 9.17) is 10.5 Å². The molecule has 1 aliphatic heterocycles. The van der Waals surface area contributed by atoms with Crippen molar-refractivity contribution in [2.45, 2.75) is 31.0 Å². The first-order valence-electron chi connectivity index (χ1n) is 6.71. The molecule has 1 aromatic rings. The molecule has 3 N–H and O–H groups in total. The number of hydrogen-bond donors (Lipinski definition) is 2. The van der Waals surface area contributed by atoms with Crippen molar-refractivity contribution in [3.8, 4) is 0 Å². The SMILES string of the molecule is NC1C2CCCOC2C1NC(=O)c1c(F)cccc1F. The minimum Gasteiger partial charge on any atom is -0.376 e. The van der Waals surface area contributed by atoms with Crippen LogP contribution in [0.5, 0.6) is 0 Å². The van der Waals surface area contributed by atoms with Crippen LogP contribution in [-0.2, 0) is 4.74 Å². The third-order valence-electron chi connectivity index (χ3n) is 4.16. The Morgan fingerprint density at radius 3 is 2.75 bits per heavy atom. The lowest BCUT2D eigenvalue weighted by Gasteiger charge is -2.52. The van der Waals surface area contributed by atoms with Crippen LogP contribution in [-0.4, -0.2) is 30.7 Å². The van der Waals surface area contributed by atoms with E-state index in [1.54, 1.807) is 0 Å². The van der Waals surface area contributed by atoms with E-state index in [0.29, 0.717) is 6.61 Å². The predicted octanol–water partition coefficient (Wildman–Crippen LogP) is 1.20. The van der Waals surface area contributed by atoms with E-state index in [9.17, 15) is 13.6 Å². The van der Waals surface area contributed by atoms with Crippen LogP contribution in [0.1, 0.15) is 23.2 Å². The van der Waals surface area contributed by atoms with Gasteiger partial charge >= 0.3 is 0 Å². The summed E-state index contributed by atoms with van der Waals surface area (Å²) in [5.74, 6) is -2.32. The van der Waals surface area contributed by atoms with E-state index in [1.807, 2.05) is 0 Å². The highest BCUT2D eigenvalue weighted by molar-refractivity contribution is 5.95. The van der Waals surface area contributed by atoms with Crippen LogP contribution >= 0.6 is 0 Å². The van der Waals surface area contributed by atoms with E-state index in [-0.39, 0.29) is 24.1 Å². The fourth-order valence-electron chi connectivity index (χ4n) is 3.06. The Balaban J connectivity index is 1.73. The summed E-state index contributed by atoms with van der Waals surface area (Å²) in [6.45, 7) is 0.633. The smallest absolute Gasteiger partial charge is 0.257 e. The summed E-state index contributed by atoms with van der Waals surface area (Å²) in [5, 5.41) is 2.59. The second kappa shape index (κ2) is 5.10. The Kier molecular flexibility index (Phi) is 3.43. The molecule has 0 radical (unpaired) electrons. The molecule has 1 heterocycles. The largest absolute Gasteiger partial charge is 0.376 e. The van der Waals surface area contributed by atoms with Crippen LogP contribution in [0.15, 0.2) is 18.2 Å². The van der Waals surface area contributed by atoms with E-state index < -0.39 is 23.1 Å². The molecule has 0 aromatic heterocycles. The first-order valence-corrected chi connectivity index (χ1v) is 6.71. The molecule has 2 fully saturated rings. The molecule has 1 saturated carbocycles. The second-order valence-corrected chi connectivity index (χ2v) is 5.31. The van der Waals surface area contributed by atoms with Crippen molar-refractivity contribution < 1.29 is 18.3 Å². The maximum atomic E-state index is 13.5. The van der Waals surface area contributed by atoms with Gasteiger partial charge in [-0.05, 0) is 25.0 Å². The number of carbonyl (C=O) groups is 1. The maximum absolute atomic E-state index is 13.5. The van der Waals surface area contributed by atoms with Crippen molar-refractivity contribution in [2.24, 2.45) is 11.7 Å². The zero-order chi connectivity index (χ0) is 14.3. The molecule has 3 rings (SSSR count). The zero-order valence-corrected chi connectivity index (χ0v) is 10.8. The Morgan fingerprint density at radius 1 is 1.35 bits per heavy atom. The molecule has 20 heavy (non-hydrogen) atoms. The molecule has 108 valence electrons. The fraction of sp³-hybridized carbons (Fsp3) is 0.500. The number of amides is 1. The maximum Gasteiger partial charge on any atom is 0.257 e. The van der Waals surface area contributed by atoms with Crippen molar-refractivity contribution in [3.05, 3.63) is 35.4 Å². The number of halogens is 2. The highest BCUT2D eigenvalue weighted by Crippen LogP contribution is 2.37. The Labute approximate surface area is 115 Å². The summed E-state index contributed by atoms with van der Waals surface area (Å²) in [4.78, 5) is 12.0. The first kappa shape index (κ1) is 13.5. The number of nitrogens with two attached hydrogens (primary N) is 1. The van der Waals surface area contributed by atoms with Crippen LogP contribution in [0, 0.1) is 17.6 Å². The van der Waals surface area contributed by atoms with Gasteiger partial charge in [-0.1, -0.05) is 6.07 Å². The number of benzene rings is 1. The Hall–Kier alpha value is -1.53. The molecule has 4 atom stereocenters. The highest BCUT2D eigenvalue weighted by Gasteiger charge is 2.51. The minimum atomic E-state index is -0.878. The number of hydrogen-bond acceptors (Lipinski definition) is 3. The lowest BCUT2D eigenvalue weighted by atomic mass is 9.68. The lowest BCUT2D eigenvalue weighted by Crippen LogP contribution is -2.72. The van der Waals surface area contributed by atoms with Crippen molar-refractivity contribution in [2.75, 3.05) is 6.61 Å². The third kappa shape index (κ3) is 2.09. The molecule has 4 unspecified atom stereocenters. The van der Waals surface area contributed by atoms with E-state index in [0.717, 1.165) is 25.0 Å². The van der Waals surface area contributed by atoms with Crippen molar-refractivity contribution in [1.29, 1.82) is 0 Å². The molecule has 2 aliphatic rings. The number of rotatable bonds is 2. The Bertz CT molecular complexity index is 518. The molecule has 4 nitrogen and oxygen atoms in total. The second-order valence-electron chi connectivity index (χ2n) is 5.31. The molecule has 1 aliphatic carbocycles. The summed E-state index contributed by atoms with van der Waals surface area (Å²) in [5.41, 5.74) is 5.43. The molecule has 0 spiro atoms. The van der Waals surface area contributed by atoms with E-state index in [2.05, 4.69) is 5.32 Å². The highest BCUT2D eigenvalue weighted by atomic mass is 19.1. The van der Waals surface area contributed by atoms with Crippen LogP contribution in [0.3, 0.4) is 0 Å². The molecule has 1 amide bonds. The van der Waals surface area contributed by atoms with Gasteiger partial charge in [0.25, 0.3) is 5.91 Å². The van der Waals surface area contributed by atoms with Gasteiger partial charge in [-0.25, -0.2) is 8.78 Å². The average molecular weight is 282 g/mol. The van der Waals surface area contributed by atoms with Gasteiger partial charge in [-0.2, -0.15) is 0 Å². The summed E-state index contributed by atoms with van der Waals surface area (Å²) in [6, 6.07) is 2.72. The normalized spacial score (nSPS) is 32.1. The first-order chi connectivity index (χ1) is 9.59. The van der Waals surface area contributed by atoms with Gasteiger partial charge in [-0.3, -0.25) is 4.79 Å². The van der Waals surface area contributed by atoms with Crippen LogP contribution in [0.2, 0.25) is 0 Å². The predicted molar refractivity (Wildman–Crippen MR) is 68.1 cm³/mol.